The molecule has 2 N–H and O–H groups in total. The molecule has 2 aromatic heterocycles. The van der Waals surface area contributed by atoms with Crippen molar-refractivity contribution in [3.63, 3.8) is 0 Å². The number of aromatic amines is 1. The molecule has 0 fully saturated rings. The molecule has 3 aromatic rings. The van der Waals surface area contributed by atoms with Gasteiger partial charge in [-0.15, -0.1) is 0 Å². The van der Waals surface area contributed by atoms with Crippen molar-refractivity contribution in [3.05, 3.63) is 58.5 Å². The first-order valence-corrected chi connectivity index (χ1v) is 7.94. The molecule has 124 valence electrons. The second kappa shape index (κ2) is 6.49. The highest BCUT2D eigenvalue weighted by molar-refractivity contribution is 6.30. The average molecular weight is 344 g/mol. The second-order valence-electron chi connectivity index (χ2n) is 5.68. The normalized spacial score (nSPS) is 12.2. The highest BCUT2D eigenvalue weighted by atomic mass is 35.5. The van der Waals surface area contributed by atoms with Gasteiger partial charge in [0.25, 0.3) is 5.91 Å². The highest BCUT2D eigenvalue weighted by Gasteiger charge is 2.17. The number of hydrogen-bond donors (Lipinski definition) is 2. The summed E-state index contributed by atoms with van der Waals surface area (Å²) in [5, 5.41) is 14.8. The Bertz CT molecular complexity index is 865. The molecular formula is C17H18ClN5O. The zero-order valence-corrected chi connectivity index (χ0v) is 14.4. The number of nitrogens with one attached hydrogen (secondary N) is 2. The van der Waals surface area contributed by atoms with Gasteiger partial charge in [0.2, 0.25) is 0 Å². The second-order valence-corrected chi connectivity index (χ2v) is 6.11. The van der Waals surface area contributed by atoms with E-state index in [1.807, 2.05) is 33.0 Å². The third kappa shape index (κ3) is 3.19. The Kier molecular flexibility index (Phi) is 4.40. The summed E-state index contributed by atoms with van der Waals surface area (Å²) < 4.78 is 1.78. The van der Waals surface area contributed by atoms with Gasteiger partial charge in [-0.05, 0) is 32.0 Å². The van der Waals surface area contributed by atoms with E-state index in [-0.39, 0.29) is 11.9 Å². The first-order chi connectivity index (χ1) is 11.5. The molecule has 0 aliphatic heterocycles. The average Bonchev–Trinajstić information content (AvgIpc) is 3.16. The summed E-state index contributed by atoms with van der Waals surface area (Å²) in [6.07, 6.45) is 1.77. The molecule has 0 saturated carbocycles. The van der Waals surface area contributed by atoms with Crippen LogP contribution in [0.4, 0.5) is 0 Å². The summed E-state index contributed by atoms with van der Waals surface area (Å²) in [6, 6.07) is 8.88. The van der Waals surface area contributed by atoms with Gasteiger partial charge in [0.1, 0.15) is 5.69 Å². The van der Waals surface area contributed by atoms with Gasteiger partial charge in [-0.1, -0.05) is 23.7 Å². The van der Waals surface area contributed by atoms with E-state index >= 15 is 0 Å². The summed E-state index contributed by atoms with van der Waals surface area (Å²) in [5.41, 5.74) is 4.01. The van der Waals surface area contributed by atoms with E-state index in [9.17, 15) is 4.79 Å². The van der Waals surface area contributed by atoms with Gasteiger partial charge in [0, 0.05) is 28.9 Å². The topological polar surface area (TPSA) is 75.6 Å². The van der Waals surface area contributed by atoms with Crippen LogP contribution in [-0.4, -0.2) is 25.9 Å². The van der Waals surface area contributed by atoms with Crippen LogP contribution >= 0.6 is 11.6 Å². The molecule has 0 spiro atoms. The number of aromatic nitrogens is 4. The van der Waals surface area contributed by atoms with Gasteiger partial charge in [-0.25, -0.2) is 0 Å². The fourth-order valence-electron chi connectivity index (χ4n) is 2.50. The van der Waals surface area contributed by atoms with E-state index in [0.29, 0.717) is 16.4 Å². The monoisotopic (exact) mass is 343 g/mol. The van der Waals surface area contributed by atoms with E-state index in [1.165, 1.54) is 0 Å². The standard InChI is InChI=1S/C17H18ClN5O/c1-10(14-9-19-23(3)11(14)2)20-17(24)16-8-15(21-22-16)12-4-6-13(18)7-5-12/h4-10H,1-3H3,(H,20,24)(H,21,22). The molecule has 0 bridgehead atoms. The molecule has 7 heteroatoms. The number of H-pyrrole nitrogens is 1. The Hall–Kier alpha value is -2.60. The lowest BCUT2D eigenvalue weighted by molar-refractivity contribution is 0.0934. The summed E-state index contributed by atoms with van der Waals surface area (Å²) in [5.74, 6) is -0.210. The van der Waals surface area contributed by atoms with Crippen molar-refractivity contribution in [1.82, 2.24) is 25.3 Å². The first kappa shape index (κ1) is 16.3. The maximum Gasteiger partial charge on any atom is 0.269 e. The highest BCUT2D eigenvalue weighted by Crippen LogP contribution is 2.21. The van der Waals surface area contributed by atoms with Crippen molar-refractivity contribution in [2.24, 2.45) is 7.05 Å². The third-order valence-electron chi connectivity index (χ3n) is 4.05. The van der Waals surface area contributed by atoms with Crippen LogP contribution < -0.4 is 5.32 Å². The van der Waals surface area contributed by atoms with Crippen LogP contribution in [0.3, 0.4) is 0 Å². The van der Waals surface area contributed by atoms with E-state index in [2.05, 4.69) is 20.6 Å². The van der Waals surface area contributed by atoms with Gasteiger partial charge in [-0.3, -0.25) is 14.6 Å². The number of carbonyl (C=O) groups is 1. The number of hydrogen-bond acceptors (Lipinski definition) is 3. The molecule has 3 rings (SSSR count). The largest absolute Gasteiger partial charge is 0.344 e. The number of amides is 1. The van der Waals surface area contributed by atoms with Gasteiger partial charge >= 0.3 is 0 Å². The fourth-order valence-corrected chi connectivity index (χ4v) is 2.63. The van der Waals surface area contributed by atoms with Crippen LogP contribution in [0.1, 0.15) is 34.7 Å². The minimum Gasteiger partial charge on any atom is -0.344 e. The molecule has 0 radical (unpaired) electrons. The summed E-state index contributed by atoms with van der Waals surface area (Å²) in [6.45, 7) is 3.90. The molecule has 0 aliphatic rings. The Morgan fingerprint density at radius 1 is 1.33 bits per heavy atom. The minimum atomic E-state index is -0.210. The summed E-state index contributed by atoms with van der Waals surface area (Å²) in [4.78, 5) is 12.4. The molecule has 2 heterocycles. The molecule has 1 amide bonds. The van der Waals surface area contributed by atoms with Crippen molar-refractivity contribution in [3.8, 4) is 11.3 Å². The Morgan fingerprint density at radius 2 is 2.04 bits per heavy atom. The van der Waals surface area contributed by atoms with Crippen molar-refractivity contribution >= 4 is 17.5 Å². The number of nitrogens with zero attached hydrogens (tertiary/aromatic N) is 3. The Morgan fingerprint density at radius 3 is 2.67 bits per heavy atom. The molecule has 0 aliphatic carbocycles. The number of halogens is 1. The predicted octanol–water partition coefficient (Wildman–Crippen LogP) is 3.26. The van der Waals surface area contributed by atoms with Crippen LogP contribution in [0.5, 0.6) is 0 Å². The van der Waals surface area contributed by atoms with Crippen LogP contribution in [0.2, 0.25) is 5.02 Å². The molecule has 1 unspecified atom stereocenters. The van der Waals surface area contributed by atoms with Crippen LogP contribution in [0.25, 0.3) is 11.3 Å². The van der Waals surface area contributed by atoms with Crippen molar-refractivity contribution in [2.75, 3.05) is 0 Å². The van der Waals surface area contributed by atoms with Gasteiger partial charge in [0.15, 0.2) is 0 Å². The lowest BCUT2D eigenvalue weighted by atomic mass is 10.1. The van der Waals surface area contributed by atoms with Crippen molar-refractivity contribution < 1.29 is 4.79 Å². The van der Waals surface area contributed by atoms with E-state index in [1.54, 1.807) is 29.1 Å². The molecule has 0 saturated heterocycles. The van der Waals surface area contributed by atoms with Crippen molar-refractivity contribution in [1.29, 1.82) is 0 Å². The Balaban J connectivity index is 1.74. The molecular weight excluding hydrogens is 326 g/mol. The maximum atomic E-state index is 12.4. The number of carbonyl (C=O) groups excluding carboxylic acids is 1. The molecule has 24 heavy (non-hydrogen) atoms. The van der Waals surface area contributed by atoms with Crippen molar-refractivity contribution in [2.45, 2.75) is 19.9 Å². The number of rotatable bonds is 4. The van der Waals surface area contributed by atoms with E-state index in [0.717, 1.165) is 16.8 Å². The fraction of sp³-hybridized carbons (Fsp3) is 0.235. The van der Waals surface area contributed by atoms with Crippen LogP contribution in [0.15, 0.2) is 36.5 Å². The molecule has 6 nitrogen and oxygen atoms in total. The van der Waals surface area contributed by atoms with E-state index in [4.69, 9.17) is 11.6 Å². The third-order valence-corrected chi connectivity index (χ3v) is 4.30. The lowest BCUT2D eigenvalue weighted by Crippen LogP contribution is -2.27. The predicted molar refractivity (Wildman–Crippen MR) is 92.9 cm³/mol. The summed E-state index contributed by atoms with van der Waals surface area (Å²) >= 11 is 5.89. The smallest absolute Gasteiger partial charge is 0.269 e. The van der Waals surface area contributed by atoms with Gasteiger partial charge in [-0.2, -0.15) is 10.2 Å². The van der Waals surface area contributed by atoms with E-state index < -0.39 is 0 Å². The maximum absolute atomic E-state index is 12.4. The summed E-state index contributed by atoms with van der Waals surface area (Å²) in [7, 11) is 1.88. The quantitative estimate of drug-likeness (QED) is 0.763. The number of aryl methyl sites for hydroxylation is 1. The van der Waals surface area contributed by atoms with Gasteiger partial charge < -0.3 is 5.32 Å². The first-order valence-electron chi connectivity index (χ1n) is 7.56. The Labute approximate surface area is 144 Å². The number of benzene rings is 1. The zero-order chi connectivity index (χ0) is 17.3. The van der Waals surface area contributed by atoms with Crippen LogP contribution in [0, 0.1) is 6.92 Å². The lowest BCUT2D eigenvalue weighted by Gasteiger charge is -2.12. The molecule has 1 atom stereocenters. The minimum absolute atomic E-state index is 0.145. The van der Waals surface area contributed by atoms with Gasteiger partial charge in [0.05, 0.1) is 17.9 Å². The molecule has 1 aromatic carbocycles. The van der Waals surface area contributed by atoms with Crippen LogP contribution in [-0.2, 0) is 7.05 Å². The SMILES string of the molecule is Cc1c(C(C)NC(=O)c2cc(-c3ccc(Cl)cc3)n[nH]2)cnn1C. The zero-order valence-electron chi connectivity index (χ0n) is 13.7.